The highest BCUT2D eigenvalue weighted by atomic mass is 79.9. The number of alkyl halides is 1. The van der Waals surface area contributed by atoms with Gasteiger partial charge in [-0.25, -0.2) is 16.8 Å². The zero-order valence-corrected chi connectivity index (χ0v) is 27.3. The third kappa shape index (κ3) is 13.5. The van der Waals surface area contributed by atoms with E-state index in [1.807, 2.05) is 0 Å². The zero-order valence-electron chi connectivity index (χ0n) is 24.1. The van der Waals surface area contributed by atoms with E-state index >= 15 is 0 Å². The first kappa shape index (κ1) is 36.3. The third-order valence-corrected chi connectivity index (χ3v) is 11.2. The summed E-state index contributed by atoms with van der Waals surface area (Å²) in [6, 6.07) is 12.0. The van der Waals surface area contributed by atoms with E-state index in [0.717, 1.165) is 25.7 Å². The minimum Gasteiger partial charge on any atom is -0.481 e. The first-order valence-electron chi connectivity index (χ1n) is 13.7. The van der Waals surface area contributed by atoms with Gasteiger partial charge in [-0.15, -0.1) is 0 Å². The summed E-state index contributed by atoms with van der Waals surface area (Å²) in [7, 11) is -6.49. The van der Waals surface area contributed by atoms with Crippen molar-refractivity contribution in [3.63, 3.8) is 0 Å². The molecule has 2 fully saturated rings. The molecule has 0 aromatic heterocycles. The van der Waals surface area contributed by atoms with E-state index in [1.54, 1.807) is 12.1 Å². The molecule has 2 aliphatic carbocycles. The molecule has 236 valence electrons. The lowest BCUT2D eigenvalue weighted by Gasteiger charge is -2.12. The molecule has 1 unspecified atom stereocenters. The summed E-state index contributed by atoms with van der Waals surface area (Å²) in [5, 5.41) is 18.2. The van der Waals surface area contributed by atoms with Crippen LogP contribution in [0.25, 0.3) is 0 Å². The van der Waals surface area contributed by atoms with E-state index in [0.29, 0.717) is 27.3 Å². The fraction of sp³-hybridized carbons (Fsp3) is 0.467. The lowest BCUT2D eigenvalue weighted by atomic mass is 9.94. The van der Waals surface area contributed by atoms with Crippen LogP contribution in [0.1, 0.15) is 63.0 Å². The quantitative estimate of drug-likeness (QED) is 0.283. The third-order valence-electron chi connectivity index (χ3n) is 6.56. The minimum absolute atomic E-state index is 0.0804. The highest BCUT2D eigenvalue weighted by Gasteiger charge is 2.30. The van der Waals surface area contributed by atoms with Gasteiger partial charge in [0.1, 0.15) is 11.6 Å². The average molecular weight is 702 g/mol. The number of halogens is 1. The molecule has 0 amide bonds. The van der Waals surface area contributed by atoms with Crippen LogP contribution in [0.5, 0.6) is 0 Å². The number of carboxylic acids is 2. The van der Waals surface area contributed by atoms with Crippen LogP contribution in [-0.2, 0) is 45.3 Å². The van der Waals surface area contributed by atoms with Crippen molar-refractivity contribution in [2.24, 2.45) is 11.8 Å². The summed E-state index contributed by atoms with van der Waals surface area (Å²) in [6.45, 7) is 2.87. The maximum Gasteiger partial charge on any atom is 0.311 e. The Morgan fingerprint density at radius 3 is 1.44 bits per heavy atom. The van der Waals surface area contributed by atoms with E-state index < -0.39 is 37.5 Å². The Labute approximate surface area is 260 Å². The average Bonchev–Trinajstić information content (AvgIpc) is 3.86. The van der Waals surface area contributed by atoms with Crippen molar-refractivity contribution in [3.8, 4) is 0 Å². The number of aliphatic carboxylic acids is 2. The second-order valence-corrected chi connectivity index (χ2v) is 15.5. The molecule has 0 heterocycles. The second-order valence-electron chi connectivity index (χ2n) is 10.9. The topological polar surface area (TPSA) is 177 Å². The molecule has 0 spiro atoms. The molecule has 13 heteroatoms. The van der Waals surface area contributed by atoms with Crippen molar-refractivity contribution >= 4 is 59.1 Å². The molecular weight excluding hydrogens is 664 g/mol. The maximum absolute atomic E-state index is 12.1. The second kappa shape index (κ2) is 16.2. The number of carboxylic acid groups (broad SMARTS) is 2. The molecule has 2 aromatic rings. The fourth-order valence-electron chi connectivity index (χ4n) is 3.91. The van der Waals surface area contributed by atoms with Crippen LogP contribution in [0, 0.1) is 11.8 Å². The Balaban J connectivity index is 0.000000264. The van der Waals surface area contributed by atoms with Gasteiger partial charge in [0.05, 0.1) is 39.0 Å². The molecule has 1 atom stereocenters. The lowest BCUT2D eigenvalue weighted by molar-refractivity contribution is -0.140. The van der Waals surface area contributed by atoms with E-state index in [4.69, 9.17) is 10.2 Å². The standard InChI is InChI=1S/C15H18O5S.C12H14O4S.C3H5BrO/c1-10(16)8-14(15(17)18)12-4-6-13(7-5-12)21(19,20)9-11-2-3-11;13-12(14)7-9-3-5-11(6-4-9)17(15,16)8-10-1-2-10;1-3(5)2-4/h4-7,11,14H,2-3,8-9H2,1H3,(H,17,18);3-6,10H,1-2,7-8H2,(H,13,14);2H2,1H3. The van der Waals surface area contributed by atoms with Gasteiger partial charge < -0.3 is 10.2 Å². The van der Waals surface area contributed by atoms with Gasteiger partial charge >= 0.3 is 11.9 Å². The van der Waals surface area contributed by atoms with E-state index in [9.17, 15) is 36.0 Å². The van der Waals surface area contributed by atoms with Crippen molar-refractivity contribution < 1.29 is 46.2 Å². The summed E-state index contributed by atoms with van der Waals surface area (Å²) in [4.78, 5) is 43.1. The highest BCUT2D eigenvalue weighted by Crippen LogP contribution is 2.33. The van der Waals surface area contributed by atoms with Crippen LogP contribution in [-0.4, -0.2) is 67.4 Å². The van der Waals surface area contributed by atoms with Crippen LogP contribution in [0.15, 0.2) is 58.3 Å². The van der Waals surface area contributed by atoms with Crippen LogP contribution in [0.3, 0.4) is 0 Å². The molecule has 43 heavy (non-hydrogen) atoms. The van der Waals surface area contributed by atoms with Gasteiger partial charge in [-0.3, -0.25) is 19.2 Å². The van der Waals surface area contributed by atoms with Crippen molar-refractivity contribution in [1.82, 2.24) is 0 Å². The number of hydrogen-bond acceptors (Lipinski definition) is 8. The smallest absolute Gasteiger partial charge is 0.311 e. The van der Waals surface area contributed by atoms with Gasteiger partial charge in [-0.05, 0) is 86.8 Å². The predicted molar refractivity (Wildman–Crippen MR) is 164 cm³/mol. The Morgan fingerprint density at radius 1 is 0.744 bits per heavy atom. The summed E-state index contributed by atoms with van der Waals surface area (Å²) in [5.74, 6) is -2.02. The molecule has 2 aromatic carbocycles. The Morgan fingerprint density at radius 2 is 1.14 bits per heavy atom. The monoisotopic (exact) mass is 700 g/mol. The molecule has 0 saturated heterocycles. The van der Waals surface area contributed by atoms with E-state index in [1.165, 1.54) is 50.2 Å². The van der Waals surface area contributed by atoms with Crippen molar-refractivity contribution in [1.29, 1.82) is 0 Å². The number of ketones is 2. The zero-order chi connectivity index (χ0) is 32.4. The van der Waals surface area contributed by atoms with Gasteiger partial charge in [0.15, 0.2) is 19.7 Å². The van der Waals surface area contributed by atoms with Gasteiger partial charge in [0, 0.05) is 6.42 Å². The Bertz CT molecular complexity index is 1490. The fourth-order valence-corrected chi connectivity index (χ4v) is 7.31. The number of sulfone groups is 2. The van der Waals surface area contributed by atoms with Crippen LogP contribution in [0.2, 0.25) is 0 Å². The van der Waals surface area contributed by atoms with E-state index in [-0.39, 0.29) is 46.7 Å². The summed E-state index contributed by atoms with van der Waals surface area (Å²) >= 11 is 2.96. The number of carbonyl (C=O) groups is 4. The largest absolute Gasteiger partial charge is 0.481 e. The molecular formula is C30H37BrO10S2. The normalized spacial score (nSPS) is 15.1. The van der Waals surface area contributed by atoms with Gasteiger partial charge in [0.25, 0.3) is 0 Å². The van der Waals surface area contributed by atoms with Crippen molar-refractivity contribution in [2.75, 3.05) is 16.8 Å². The molecule has 2 N–H and O–H groups in total. The molecule has 2 saturated carbocycles. The predicted octanol–water partition coefficient (Wildman–Crippen LogP) is 4.49. The molecule has 0 bridgehead atoms. The van der Waals surface area contributed by atoms with Gasteiger partial charge in [0.2, 0.25) is 0 Å². The summed E-state index contributed by atoms with van der Waals surface area (Å²) < 4.78 is 48.0. The molecule has 4 rings (SSSR count). The Hall–Kier alpha value is -2.90. The SMILES string of the molecule is CC(=O)CBr.CC(=O)CC(C(=O)O)c1ccc(S(=O)(=O)CC2CC2)cc1.O=C(O)Cc1ccc(S(=O)(=O)CC2CC2)cc1. The summed E-state index contributed by atoms with van der Waals surface area (Å²) in [5.41, 5.74) is 1.06. The van der Waals surface area contributed by atoms with Crippen LogP contribution >= 0.6 is 15.9 Å². The minimum atomic E-state index is -3.30. The number of Topliss-reactive ketones (excluding diaryl/α,β-unsaturated/α-hetero) is 2. The number of carbonyl (C=O) groups excluding carboxylic acids is 2. The molecule has 0 radical (unpaired) electrons. The van der Waals surface area contributed by atoms with Gasteiger partial charge in [-0.2, -0.15) is 0 Å². The van der Waals surface area contributed by atoms with Crippen molar-refractivity contribution in [2.45, 2.75) is 68.1 Å². The van der Waals surface area contributed by atoms with E-state index in [2.05, 4.69) is 15.9 Å². The first-order chi connectivity index (χ1) is 20.0. The van der Waals surface area contributed by atoms with Crippen LogP contribution < -0.4 is 0 Å². The van der Waals surface area contributed by atoms with Crippen LogP contribution in [0.4, 0.5) is 0 Å². The first-order valence-corrected chi connectivity index (χ1v) is 18.1. The number of hydrogen-bond donors (Lipinski definition) is 2. The highest BCUT2D eigenvalue weighted by molar-refractivity contribution is 9.09. The number of rotatable bonds is 13. The van der Waals surface area contributed by atoms with Gasteiger partial charge in [-0.1, -0.05) is 40.2 Å². The maximum atomic E-state index is 12.1. The molecule has 2 aliphatic rings. The lowest BCUT2D eigenvalue weighted by Crippen LogP contribution is -2.15. The number of benzene rings is 2. The molecule has 0 aliphatic heterocycles. The Kier molecular flexibility index (Phi) is 13.7. The van der Waals surface area contributed by atoms with Crippen molar-refractivity contribution in [3.05, 3.63) is 59.7 Å². The molecule has 10 nitrogen and oxygen atoms in total. The summed E-state index contributed by atoms with van der Waals surface area (Å²) in [6.07, 6.45) is 3.73.